The maximum Gasteiger partial charge on any atom is 0.231 e. The molecule has 2 aromatic rings. The lowest BCUT2D eigenvalue weighted by atomic mass is 9.95. The van der Waals surface area contributed by atoms with Gasteiger partial charge in [0.05, 0.1) is 27.9 Å². The van der Waals surface area contributed by atoms with Crippen molar-refractivity contribution < 1.29 is 23.8 Å². The number of ether oxygens (including phenoxy) is 3. The molecule has 0 saturated heterocycles. The largest absolute Gasteiger partial charge is 0.493 e. The Morgan fingerprint density at radius 3 is 1.97 bits per heavy atom. The van der Waals surface area contributed by atoms with E-state index in [4.69, 9.17) is 19.9 Å². The number of amides is 2. The average Bonchev–Trinajstić information content (AvgIpc) is 2.90. The zero-order chi connectivity index (χ0) is 24.3. The molecule has 3 rings (SSSR count). The molecular formula is C24H35N3O5. The van der Waals surface area contributed by atoms with E-state index in [-0.39, 0.29) is 11.8 Å². The third-order valence-electron chi connectivity index (χ3n) is 4.56. The van der Waals surface area contributed by atoms with Gasteiger partial charge in [-0.15, -0.1) is 0 Å². The summed E-state index contributed by atoms with van der Waals surface area (Å²) in [6, 6.07) is 10.6. The van der Waals surface area contributed by atoms with Crippen molar-refractivity contribution in [1.29, 1.82) is 0 Å². The molecule has 1 aliphatic rings. The molecule has 0 atom stereocenters. The van der Waals surface area contributed by atoms with Gasteiger partial charge in [-0.2, -0.15) is 0 Å². The van der Waals surface area contributed by atoms with Crippen LogP contribution in [0.3, 0.4) is 0 Å². The van der Waals surface area contributed by atoms with E-state index < -0.39 is 0 Å². The second-order valence-electron chi connectivity index (χ2n) is 7.50. The molecule has 8 nitrogen and oxygen atoms in total. The van der Waals surface area contributed by atoms with Crippen molar-refractivity contribution in [2.24, 2.45) is 11.5 Å². The number of aryl methyl sites for hydroxylation is 2. The first-order valence-electron chi connectivity index (χ1n) is 10.2. The van der Waals surface area contributed by atoms with Crippen LogP contribution in [0.5, 0.6) is 17.2 Å². The minimum Gasteiger partial charge on any atom is -0.493 e. The van der Waals surface area contributed by atoms with Crippen LogP contribution >= 0.6 is 0 Å². The SMILES string of the molecule is CC(N)=O.CN(C)CC(N)=O.COc1cc2c(c(OC)c1OC)-c1ccccc1CCC2. The molecule has 0 radical (unpaired) electrons. The Bertz CT molecular complexity index is 909. The number of rotatable bonds is 5. The normalized spacial score (nSPS) is 11.3. The third kappa shape index (κ3) is 7.77. The monoisotopic (exact) mass is 445 g/mol. The maximum absolute atomic E-state index is 9.99. The predicted octanol–water partition coefficient (Wildman–Crippen LogP) is 2.39. The van der Waals surface area contributed by atoms with Gasteiger partial charge in [0.2, 0.25) is 17.6 Å². The lowest BCUT2D eigenvalue weighted by molar-refractivity contribution is -0.118. The van der Waals surface area contributed by atoms with Gasteiger partial charge in [0.1, 0.15) is 0 Å². The van der Waals surface area contributed by atoms with E-state index in [0.29, 0.717) is 12.3 Å². The fraction of sp³-hybridized carbons (Fsp3) is 0.417. The second kappa shape index (κ2) is 13.2. The quantitative estimate of drug-likeness (QED) is 0.730. The highest BCUT2D eigenvalue weighted by atomic mass is 16.5. The Hall–Kier alpha value is -3.26. The highest BCUT2D eigenvalue weighted by molar-refractivity contribution is 5.82. The minimum absolute atomic E-state index is 0.287. The molecule has 0 unspecified atom stereocenters. The molecule has 2 aromatic carbocycles. The average molecular weight is 446 g/mol. The highest BCUT2D eigenvalue weighted by Gasteiger charge is 2.24. The predicted molar refractivity (Wildman–Crippen MR) is 126 cm³/mol. The molecule has 0 aromatic heterocycles. The number of fused-ring (bicyclic) bond motifs is 3. The van der Waals surface area contributed by atoms with Crippen LogP contribution in [0.2, 0.25) is 0 Å². The van der Waals surface area contributed by atoms with Gasteiger partial charge in [0.15, 0.2) is 11.5 Å². The molecule has 0 aliphatic heterocycles. The van der Waals surface area contributed by atoms with Gasteiger partial charge in [-0.05, 0) is 56.1 Å². The minimum atomic E-state index is -0.333. The molecular weight excluding hydrogens is 410 g/mol. The first-order chi connectivity index (χ1) is 15.2. The van der Waals surface area contributed by atoms with Crippen LogP contribution in [-0.4, -0.2) is 58.7 Å². The molecule has 8 heteroatoms. The van der Waals surface area contributed by atoms with Crippen molar-refractivity contribution in [2.45, 2.75) is 26.2 Å². The number of benzene rings is 2. The summed E-state index contributed by atoms with van der Waals surface area (Å²) in [5, 5.41) is 0. The lowest BCUT2D eigenvalue weighted by Crippen LogP contribution is -2.27. The van der Waals surface area contributed by atoms with Crippen molar-refractivity contribution in [3.63, 3.8) is 0 Å². The zero-order valence-electron chi connectivity index (χ0n) is 19.9. The first kappa shape index (κ1) is 26.8. The Kier molecular flexibility index (Phi) is 11.1. The van der Waals surface area contributed by atoms with E-state index in [0.717, 1.165) is 36.3 Å². The summed E-state index contributed by atoms with van der Waals surface area (Å²) < 4.78 is 16.7. The molecule has 0 heterocycles. The second-order valence-corrected chi connectivity index (χ2v) is 7.50. The van der Waals surface area contributed by atoms with E-state index in [1.165, 1.54) is 23.6 Å². The summed E-state index contributed by atoms with van der Waals surface area (Å²) in [5.41, 5.74) is 14.3. The summed E-state index contributed by atoms with van der Waals surface area (Å²) in [6.07, 6.45) is 3.22. The molecule has 176 valence electrons. The smallest absolute Gasteiger partial charge is 0.231 e. The zero-order valence-corrected chi connectivity index (χ0v) is 19.9. The summed E-state index contributed by atoms with van der Waals surface area (Å²) in [7, 11) is 8.59. The van der Waals surface area contributed by atoms with E-state index in [2.05, 4.69) is 36.1 Å². The van der Waals surface area contributed by atoms with Crippen LogP contribution in [0.1, 0.15) is 24.5 Å². The number of methoxy groups -OCH3 is 3. The van der Waals surface area contributed by atoms with Gasteiger partial charge in [0.25, 0.3) is 0 Å². The Morgan fingerprint density at radius 1 is 0.938 bits per heavy atom. The number of primary amides is 2. The third-order valence-corrected chi connectivity index (χ3v) is 4.56. The summed E-state index contributed by atoms with van der Waals surface area (Å²) in [6.45, 7) is 1.64. The van der Waals surface area contributed by atoms with Crippen molar-refractivity contribution in [3.05, 3.63) is 41.5 Å². The number of hydrogen-bond acceptors (Lipinski definition) is 6. The lowest BCUT2D eigenvalue weighted by Gasteiger charge is -2.19. The number of nitrogens with zero attached hydrogens (tertiary/aromatic N) is 1. The van der Waals surface area contributed by atoms with E-state index in [1.54, 1.807) is 40.3 Å². The molecule has 4 N–H and O–H groups in total. The molecule has 32 heavy (non-hydrogen) atoms. The van der Waals surface area contributed by atoms with Gasteiger partial charge in [-0.3, -0.25) is 9.59 Å². The van der Waals surface area contributed by atoms with Crippen LogP contribution in [-0.2, 0) is 22.4 Å². The number of hydrogen-bond donors (Lipinski definition) is 2. The standard InChI is InChI=1S/C18H20O3.C4H10N2O.C2H5NO/c1-19-15-11-13-9-6-8-12-7-4-5-10-14(12)16(13)18(21-3)17(15)20-2;1-6(2)3-4(5)7;1-2(3)4/h4-5,7,10-11H,6,8-9H2,1-3H3;3H2,1-2H3,(H2,5,7);1H3,(H2,3,4). The molecule has 0 saturated carbocycles. The first-order valence-corrected chi connectivity index (χ1v) is 10.2. The van der Waals surface area contributed by atoms with Crippen molar-refractivity contribution in [2.75, 3.05) is 42.0 Å². The van der Waals surface area contributed by atoms with Crippen molar-refractivity contribution >= 4 is 11.8 Å². The number of nitrogens with two attached hydrogens (primary N) is 2. The topological polar surface area (TPSA) is 117 Å². The van der Waals surface area contributed by atoms with Gasteiger partial charge in [0, 0.05) is 12.5 Å². The van der Waals surface area contributed by atoms with E-state index in [1.807, 2.05) is 0 Å². The van der Waals surface area contributed by atoms with Gasteiger partial charge < -0.3 is 30.6 Å². The van der Waals surface area contributed by atoms with Crippen LogP contribution < -0.4 is 25.7 Å². The van der Waals surface area contributed by atoms with Crippen molar-refractivity contribution in [1.82, 2.24) is 4.90 Å². The van der Waals surface area contributed by atoms with Gasteiger partial charge in [-0.25, -0.2) is 0 Å². The molecule has 2 amide bonds. The highest BCUT2D eigenvalue weighted by Crippen LogP contribution is 2.48. The van der Waals surface area contributed by atoms with E-state index >= 15 is 0 Å². The Labute approximate surface area is 190 Å². The van der Waals surface area contributed by atoms with Gasteiger partial charge >= 0.3 is 0 Å². The van der Waals surface area contributed by atoms with Crippen molar-refractivity contribution in [3.8, 4) is 28.4 Å². The summed E-state index contributed by atoms with van der Waals surface area (Å²) >= 11 is 0. The van der Waals surface area contributed by atoms with Crippen LogP contribution in [0.4, 0.5) is 0 Å². The number of carbonyl (C=O) groups excluding carboxylic acids is 2. The summed E-state index contributed by atoms with van der Waals surface area (Å²) in [4.78, 5) is 20.9. The van der Waals surface area contributed by atoms with Gasteiger partial charge in [-0.1, -0.05) is 24.3 Å². The number of likely N-dealkylation sites (N-methyl/N-ethyl adjacent to an activating group) is 1. The fourth-order valence-electron chi connectivity index (χ4n) is 3.46. The molecule has 0 fully saturated rings. The molecule has 0 bridgehead atoms. The number of carbonyl (C=O) groups is 2. The van der Waals surface area contributed by atoms with E-state index in [9.17, 15) is 9.59 Å². The Balaban J connectivity index is 0.000000390. The molecule has 1 aliphatic carbocycles. The van der Waals surface area contributed by atoms with Crippen LogP contribution in [0, 0.1) is 0 Å². The summed E-state index contributed by atoms with van der Waals surface area (Å²) in [5.74, 6) is 1.54. The molecule has 0 spiro atoms. The maximum atomic E-state index is 9.99. The Morgan fingerprint density at radius 2 is 1.50 bits per heavy atom. The van der Waals surface area contributed by atoms with Crippen LogP contribution in [0.25, 0.3) is 11.1 Å². The fourth-order valence-corrected chi connectivity index (χ4v) is 3.46. The van der Waals surface area contributed by atoms with Crippen LogP contribution in [0.15, 0.2) is 30.3 Å².